The largest absolute Gasteiger partial charge is 0.482 e. The first kappa shape index (κ1) is 16.3. The third-order valence-electron chi connectivity index (χ3n) is 2.68. The van der Waals surface area contributed by atoms with Gasteiger partial charge in [0.05, 0.1) is 17.0 Å². The second kappa shape index (κ2) is 7.83. The summed E-state index contributed by atoms with van der Waals surface area (Å²) in [6, 6.07) is 13.9. The molecule has 0 aromatic heterocycles. The number of hydrogen-bond donors (Lipinski definition) is 0. The minimum atomic E-state index is -0.524. The van der Waals surface area contributed by atoms with Crippen molar-refractivity contribution in [3.05, 3.63) is 57.5 Å². The molecule has 6 heteroatoms. The molecule has 0 spiro atoms. The molecule has 0 aliphatic heterocycles. The molecular formula is C16H11BrClNO3. The number of hydrogen-bond acceptors (Lipinski definition) is 4. The van der Waals surface area contributed by atoms with Gasteiger partial charge in [-0.2, -0.15) is 5.26 Å². The first-order valence-electron chi connectivity index (χ1n) is 6.33. The van der Waals surface area contributed by atoms with Gasteiger partial charge in [0, 0.05) is 5.02 Å². The van der Waals surface area contributed by atoms with Gasteiger partial charge in [0.1, 0.15) is 11.5 Å². The van der Waals surface area contributed by atoms with Crippen LogP contribution in [0.1, 0.15) is 5.56 Å². The van der Waals surface area contributed by atoms with Gasteiger partial charge in [0.25, 0.3) is 0 Å². The smallest absolute Gasteiger partial charge is 0.349 e. The predicted octanol–water partition coefficient (Wildman–Crippen LogP) is 4.15. The molecule has 0 bridgehead atoms. The SMILES string of the molecule is N#CCc1ccc(OCC(=O)Oc2ccc(Cl)cc2Br)cc1. The number of benzene rings is 2. The van der Waals surface area contributed by atoms with E-state index < -0.39 is 5.97 Å². The number of nitriles is 1. The molecule has 0 unspecified atom stereocenters. The van der Waals surface area contributed by atoms with E-state index in [0.717, 1.165) is 5.56 Å². The second-order valence-electron chi connectivity index (χ2n) is 4.32. The fourth-order valence-corrected chi connectivity index (χ4v) is 2.41. The molecule has 0 aliphatic rings. The summed E-state index contributed by atoms with van der Waals surface area (Å²) in [5.74, 6) is 0.389. The number of esters is 1. The lowest BCUT2D eigenvalue weighted by molar-refractivity contribution is -0.136. The Labute approximate surface area is 141 Å². The molecule has 0 atom stereocenters. The lowest BCUT2D eigenvalue weighted by Crippen LogP contribution is -2.17. The summed E-state index contributed by atoms with van der Waals surface area (Å²) < 4.78 is 11.1. The summed E-state index contributed by atoms with van der Waals surface area (Å²) in [5.41, 5.74) is 0.891. The van der Waals surface area contributed by atoms with Crippen LogP contribution in [-0.2, 0) is 11.2 Å². The van der Waals surface area contributed by atoms with Crippen molar-refractivity contribution in [2.75, 3.05) is 6.61 Å². The van der Waals surface area contributed by atoms with Crippen molar-refractivity contribution in [3.8, 4) is 17.6 Å². The van der Waals surface area contributed by atoms with Gasteiger partial charge in [0.15, 0.2) is 6.61 Å². The Morgan fingerprint density at radius 1 is 1.23 bits per heavy atom. The molecule has 0 N–H and O–H groups in total. The van der Waals surface area contributed by atoms with E-state index in [1.807, 2.05) is 0 Å². The summed E-state index contributed by atoms with van der Waals surface area (Å²) >= 11 is 9.08. The van der Waals surface area contributed by atoms with Crippen LogP contribution in [0.5, 0.6) is 11.5 Å². The van der Waals surface area contributed by atoms with Gasteiger partial charge in [-0.15, -0.1) is 0 Å². The number of carbonyl (C=O) groups is 1. The summed E-state index contributed by atoms with van der Waals surface area (Å²) in [7, 11) is 0. The van der Waals surface area contributed by atoms with E-state index >= 15 is 0 Å². The van der Waals surface area contributed by atoms with Crippen molar-refractivity contribution < 1.29 is 14.3 Å². The Bertz CT molecular complexity index is 710. The molecule has 2 aromatic rings. The highest BCUT2D eigenvalue weighted by Crippen LogP contribution is 2.28. The number of nitrogens with zero attached hydrogens (tertiary/aromatic N) is 1. The topological polar surface area (TPSA) is 59.3 Å². The van der Waals surface area contributed by atoms with Gasteiger partial charge in [-0.1, -0.05) is 23.7 Å². The Hall–Kier alpha value is -2.03. The average Bonchev–Trinajstić information content (AvgIpc) is 2.50. The molecule has 2 aromatic carbocycles. The second-order valence-corrected chi connectivity index (χ2v) is 5.61. The summed E-state index contributed by atoms with van der Waals surface area (Å²) in [6.07, 6.45) is 0.340. The van der Waals surface area contributed by atoms with Gasteiger partial charge >= 0.3 is 5.97 Å². The zero-order chi connectivity index (χ0) is 15.9. The Kier molecular flexibility index (Phi) is 5.82. The molecule has 0 saturated carbocycles. The van der Waals surface area contributed by atoms with Crippen LogP contribution >= 0.6 is 27.5 Å². The molecule has 0 fully saturated rings. The van der Waals surface area contributed by atoms with Gasteiger partial charge < -0.3 is 9.47 Å². The van der Waals surface area contributed by atoms with E-state index in [9.17, 15) is 4.79 Å². The van der Waals surface area contributed by atoms with E-state index in [-0.39, 0.29) is 6.61 Å². The molecule has 4 nitrogen and oxygen atoms in total. The Morgan fingerprint density at radius 3 is 2.59 bits per heavy atom. The minimum absolute atomic E-state index is 0.216. The zero-order valence-corrected chi connectivity index (χ0v) is 13.7. The van der Waals surface area contributed by atoms with E-state index in [2.05, 4.69) is 22.0 Å². The summed E-state index contributed by atoms with van der Waals surface area (Å²) in [5, 5.41) is 9.13. The number of rotatable bonds is 5. The van der Waals surface area contributed by atoms with Crippen LogP contribution in [0.3, 0.4) is 0 Å². The van der Waals surface area contributed by atoms with Crippen LogP contribution in [0.2, 0.25) is 5.02 Å². The van der Waals surface area contributed by atoms with Gasteiger partial charge in [-0.05, 0) is 51.8 Å². The van der Waals surface area contributed by atoms with Crippen molar-refractivity contribution >= 4 is 33.5 Å². The highest BCUT2D eigenvalue weighted by atomic mass is 79.9. The molecule has 0 saturated heterocycles. The van der Waals surface area contributed by atoms with Crippen molar-refractivity contribution in [2.45, 2.75) is 6.42 Å². The highest BCUT2D eigenvalue weighted by Gasteiger charge is 2.09. The minimum Gasteiger partial charge on any atom is -0.482 e. The molecule has 0 amide bonds. The molecule has 112 valence electrons. The van der Waals surface area contributed by atoms with Crippen LogP contribution in [0.4, 0.5) is 0 Å². The van der Waals surface area contributed by atoms with E-state index in [1.54, 1.807) is 42.5 Å². The van der Waals surface area contributed by atoms with Gasteiger partial charge in [-0.3, -0.25) is 0 Å². The van der Waals surface area contributed by atoms with Crippen LogP contribution in [0.25, 0.3) is 0 Å². The monoisotopic (exact) mass is 379 g/mol. The molecule has 0 radical (unpaired) electrons. The Morgan fingerprint density at radius 2 is 1.95 bits per heavy atom. The highest BCUT2D eigenvalue weighted by molar-refractivity contribution is 9.10. The molecular weight excluding hydrogens is 370 g/mol. The van der Waals surface area contributed by atoms with E-state index in [1.165, 1.54) is 0 Å². The maximum Gasteiger partial charge on any atom is 0.349 e. The molecule has 22 heavy (non-hydrogen) atoms. The van der Waals surface area contributed by atoms with Crippen LogP contribution in [-0.4, -0.2) is 12.6 Å². The fraction of sp³-hybridized carbons (Fsp3) is 0.125. The third kappa shape index (κ3) is 4.76. The van der Waals surface area contributed by atoms with Crippen molar-refractivity contribution in [1.29, 1.82) is 5.26 Å². The normalized spacial score (nSPS) is 9.86. The number of halogens is 2. The zero-order valence-electron chi connectivity index (χ0n) is 11.4. The Balaban J connectivity index is 1.88. The van der Waals surface area contributed by atoms with Crippen molar-refractivity contribution in [2.24, 2.45) is 0 Å². The maximum absolute atomic E-state index is 11.7. The quantitative estimate of drug-likeness (QED) is 0.577. The van der Waals surface area contributed by atoms with Crippen molar-refractivity contribution in [1.82, 2.24) is 0 Å². The third-order valence-corrected chi connectivity index (χ3v) is 3.54. The molecule has 2 rings (SSSR count). The van der Waals surface area contributed by atoms with E-state index in [4.69, 9.17) is 26.3 Å². The fourth-order valence-electron chi connectivity index (χ4n) is 1.65. The van der Waals surface area contributed by atoms with Crippen LogP contribution in [0.15, 0.2) is 46.9 Å². The summed E-state index contributed by atoms with van der Waals surface area (Å²) in [6.45, 7) is -0.216. The first-order valence-corrected chi connectivity index (χ1v) is 7.50. The lowest BCUT2D eigenvalue weighted by Gasteiger charge is -2.08. The van der Waals surface area contributed by atoms with Crippen LogP contribution < -0.4 is 9.47 Å². The maximum atomic E-state index is 11.7. The molecule has 0 heterocycles. The van der Waals surface area contributed by atoms with Gasteiger partial charge in [-0.25, -0.2) is 4.79 Å². The summed E-state index contributed by atoms with van der Waals surface area (Å²) in [4.78, 5) is 11.7. The number of carbonyl (C=O) groups excluding carboxylic acids is 1. The number of ether oxygens (including phenoxy) is 2. The van der Waals surface area contributed by atoms with Crippen LogP contribution in [0, 0.1) is 11.3 Å². The standard InChI is InChI=1S/C16H11BrClNO3/c17-14-9-12(18)3-6-15(14)22-16(20)10-21-13-4-1-11(2-5-13)7-8-19/h1-6,9H,7,10H2. The first-order chi connectivity index (χ1) is 10.6. The van der Waals surface area contributed by atoms with Crippen molar-refractivity contribution in [3.63, 3.8) is 0 Å². The lowest BCUT2D eigenvalue weighted by atomic mass is 10.2. The van der Waals surface area contributed by atoms with Gasteiger partial charge in [0.2, 0.25) is 0 Å². The predicted molar refractivity (Wildman–Crippen MR) is 86.0 cm³/mol. The van der Waals surface area contributed by atoms with E-state index in [0.29, 0.717) is 27.4 Å². The average molecular weight is 381 g/mol. The molecule has 0 aliphatic carbocycles.